The van der Waals surface area contributed by atoms with E-state index in [1.807, 2.05) is 0 Å². The maximum absolute atomic E-state index is 14.2. The van der Waals surface area contributed by atoms with E-state index in [0.717, 1.165) is 4.90 Å². The maximum Gasteiger partial charge on any atom is 0.263 e. The summed E-state index contributed by atoms with van der Waals surface area (Å²) in [5.74, 6) is -2.07. The van der Waals surface area contributed by atoms with Crippen molar-refractivity contribution in [2.75, 3.05) is 0 Å². The first-order chi connectivity index (χ1) is 15.9. The molecule has 4 aromatic rings. The first-order valence-electron chi connectivity index (χ1n) is 9.88. The van der Waals surface area contributed by atoms with E-state index in [2.05, 4.69) is 10.2 Å². The lowest BCUT2D eigenvalue weighted by Gasteiger charge is -2.12. The van der Waals surface area contributed by atoms with Crippen LogP contribution >= 0.6 is 11.6 Å². The van der Waals surface area contributed by atoms with E-state index in [1.54, 1.807) is 42.5 Å². The number of carbonyl (C=O) groups is 3. The van der Waals surface area contributed by atoms with Crippen LogP contribution in [0.15, 0.2) is 72.9 Å². The number of rotatable bonds is 5. The first kappa shape index (κ1) is 20.7. The normalized spacial score (nSPS) is 12.8. The molecule has 0 unspecified atom stereocenters. The average molecular weight is 461 g/mol. The van der Waals surface area contributed by atoms with Crippen molar-refractivity contribution in [2.45, 2.75) is 6.67 Å². The van der Waals surface area contributed by atoms with Gasteiger partial charge in [-0.1, -0.05) is 41.9 Å². The third kappa shape index (κ3) is 3.60. The van der Waals surface area contributed by atoms with Gasteiger partial charge in [0.1, 0.15) is 18.2 Å². The van der Waals surface area contributed by atoms with Gasteiger partial charge in [-0.05, 0) is 36.4 Å². The van der Waals surface area contributed by atoms with E-state index < -0.39 is 23.4 Å². The number of nitrogens with zero attached hydrogens (tertiary/aromatic N) is 4. The van der Waals surface area contributed by atoms with Crippen LogP contribution in [-0.4, -0.2) is 37.5 Å². The van der Waals surface area contributed by atoms with Crippen LogP contribution < -0.4 is 0 Å². The summed E-state index contributed by atoms with van der Waals surface area (Å²) in [6, 6.07) is 16.8. The highest BCUT2D eigenvalue weighted by molar-refractivity contribution is 6.31. The third-order valence-corrected chi connectivity index (χ3v) is 5.54. The van der Waals surface area contributed by atoms with E-state index in [-0.39, 0.29) is 17.8 Å². The van der Waals surface area contributed by atoms with Gasteiger partial charge >= 0.3 is 0 Å². The second-order valence-electron chi connectivity index (χ2n) is 7.33. The molecule has 0 aliphatic carbocycles. The van der Waals surface area contributed by atoms with Gasteiger partial charge in [0.25, 0.3) is 11.8 Å². The molecule has 1 aliphatic heterocycles. The van der Waals surface area contributed by atoms with Crippen molar-refractivity contribution in [1.29, 1.82) is 0 Å². The number of ketones is 1. The minimum absolute atomic E-state index is 0.0977. The molecule has 0 radical (unpaired) electrons. The van der Waals surface area contributed by atoms with Crippen LogP contribution in [0.25, 0.3) is 11.3 Å². The molecule has 7 nitrogen and oxygen atoms in total. The Balaban J connectivity index is 1.47. The highest BCUT2D eigenvalue weighted by Crippen LogP contribution is 2.28. The van der Waals surface area contributed by atoms with E-state index in [4.69, 9.17) is 11.6 Å². The molecule has 162 valence electrons. The zero-order valence-corrected chi connectivity index (χ0v) is 17.7. The van der Waals surface area contributed by atoms with Gasteiger partial charge in [0.2, 0.25) is 0 Å². The number of carbonyl (C=O) groups excluding carboxylic acids is 3. The van der Waals surface area contributed by atoms with Gasteiger partial charge in [0, 0.05) is 16.1 Å². The molecule has 33 heavy (non-hydrogen) atoms. The van der Waals surface area contributed by atoms with Gasteiger partial charge in [-0.25, -0.2) is 4.39 Å². The summed E-state index contributed by atoms with van der Waals surface area (Å²) in [6.07, 6.45) is 1.40. The van der Waals surface area contributed by atoms with E-state index >= 15 is 0 Å². The molecule has 2 heterocycles. The minimum atomic E-state index is -0.650. The van der Waals surface area contributed by atoms with Crippen molar-refractivity contribution in [3.05, 3.63) is 106 Å². The maximum atomic E-state index is 14.2. The van der Waals surface area contributed by atoms with Crippen molar-refractivity contribution in [1.82, 2.24) is 19.9 Å². The zero-order valence-electron chi connectivity index (χ0n) is 16.9. The Morgan fingerprint density at radius 1 is 0.879 bits per heavy atom. The first-order valence-corrected chi connectivity index (χ1v) is 10.3. The Morgan fingerprint density at radius 3 is 2.24 bits per heavy atom. The fourth-order valence-corrected chi connectivity index (χ4v) is 3.87. The molecule has 0 bridgehead atoms. The van der Waals surface area contributed by atoms with Gasteiger partial charge in [-0.2, -0.15) is 15.0 Å². The Morgan fingerprint density at radius 2 is 1.55 bits per heavy atom. The molecule has 0 fully saturated rings. The molecule has 2 amide bonds. The van der Waals surface area contributed by atoms with Crippen molar-refractivity contribution >= 4 is 29.2 Å². The molecule has 9 heteroatoms. The Hall–Kier alpha value is -4.17. The van der Waals surface area contributed by atoms with Crippen LogP contribution in [0, 0.1) is 5.82 Å². The number of aromatic nitrogens is 3. The van der Waals surface area contributed by atoms with Gasteiger partial charge in [0.05, 0.1) is 22.9 Å². The van der Waals surface area contributed by atoms with Crippen LogP contribution in [-0.2, 0) is 6.67 Å². The van der Waals surface area contributed by atoms with Gasteiger partial charge < -0.3 is 0 Å². The molecule has 0 N–H and O–H groups in total. The lowest BCUT2D eigenvalue weighted by atomic mass is 9.96. The monoisotopic (exact) mass is 460 g/mol. The topological polar surface area (TPSA) is 85.2 Å². The highest BCUT2D eigenvalue weighted by Gasteiger charge is 2.35. The van der Waals surface area contributed by atoms with Crippen molar-refractivity contribution in [2.24, 2.45) is 0 Å². The predicted molar refractivity (Wildman–Crippen MR) is 117 cm³/mol. The molecule has 1 aliphatic rings. The number of amides is 2. The van der Waals surface area contributed by atoms with Gasteiger partial charge in [-0.3, -0.25) is 19.3 Å². The van der Waals surface area contributed by atoms with Crippen LogP contribution in [0.4, 0.5) is 4.39 Å². The fourth-order valence-electron chi connectivity index (χ4n) is 3.70. The zero-order chi connectivity index (χ0) is 23.1. The number of hydrogen-bond donors (Lipinski definition) is 0. The molecule has 1 aromatic heterocycles. The standard InChI is InChI=1S/C24H14ClFN4O3/c25-14-9-10-15(19(11-14)22(31)18-7-3-4-8-20(18)26)21-12-27-30(28-21)13-29-23(32)16-5-1-2-6-17(16)24(29)33/h1-12H,13H2. The minimum Gasteiger partial charge on any atom is -0.288 e. The van der Waals surface area contributed by atoms with Crippen LogP contribution in [0.2, 0.25) is 5.02 Å². The molecular formula is C24H14ClFN4O3. The summed E-state index contributed by atoms with van der Waals surface area (Å²) < 4.78 is 14.2. The van der Waals surface area contributed by atoms with Gasteiger partial charge in [0.15, 0.2) is 5.78 Å². The number of halogens is 2. The van der Waals surface area contributed by atoms with E-state index in [1.165, 1.54) is 35.3 Å². The third-order valence-electron chi connectivity index (χ3n) is 5.30. The summed E-state index contributed by atoms with van der Waals surface area (Å²) in [4.78, 5) is 40.5. The Labute approximate surface area is 192 Å². The molecule has 0 saturated carbocycles. The molecule has 3 aromatic carbocycles. The number of benzene rings is 3. The lowest BCUT2D eigenvalue weighted by Crippen LogP contribution is -2.32. The van der Waals surface area contributed by atoms with Crippen molar-refractivity contribution in [3.63, 3.8) is 0 Å². The molecule has 0 spiro atoms. The summed E-state index contributed by atoms with van der Waals surface area (Å²) in [5, 5.41) is 8.78. The quantitative estimate of drug-likeness (QED) is 0.329. The predicted octanol–water partition coefficient (Wildman–Crippen LogP) is 4.22. The molecule has 5 rings (SSSR count). The number of fused-ring (bicyclic) bond motifs is 1. The Kier molecular flexibility index (Phi) is 5.07. The lowest BCUT2D eigenvalue weighted by molar-refractivity contribution is 0.0587. The molecule has 0 atom stereocenters. The highest BCUT2D eigenvalue weighted by atomic mass is 35.5. The van der Waals surface area contributed by atoms with Crippen LogP contribution in [0.3, 0.4) is 0 Å². The molecular weight excluding hydrogens is 447 g/mol. The van der Waals surface area contributed by atoms with E-state index in [9.17, 15) is 18.8 Å². The van der Waals surface area contributed by atoms with Crippen LogP contribution in [0.1, 0.15) is 36.6 Å². The fraction of sp³-hybridized carbons (Fsp3) is 0.0417. The average Bonchev–Trinajstić information content (AvgIpc) is 3.38. The summed E-state index contributed by atoms with van der Waals surface area (Å²) in [5.41, 5.74) is 1.40. The largest absolute Gasteiger partial charge is 0.288 e. The summed E-state index contributed by atoms with van der Waals surface area (Å²) >= 11 is 6.10. The number of imide groups is 1. The number of hydrogen-bond acceptors (Lipinski definition) is 5. The van der Waals surface area contributed by atoms with Crippen molar-refractivity contribution in [3.8, 4) is 11.3 Å². The van der Waals surface area contributed by atoms with E-state index in [0.29, 0.717) is 27.4 Å². The summed E-state index contributed by atoms with van der Waals surface area (Å²) in [6.45, 7) is -0.198. The second kappa shape index (κ2) is 8.07. The second-order valence-corrected chi connectivity index (χ2v) is 7.76. The SMILES string of the molecule is O=C(c1ccccc1F)c1cc(Cl)ccc1-c1cnn(CN2C(=O)c3ccccc3C2=O)n1. The smallest absolute Gasteiger partial charge is 0.263 e. The summed E-state index contributed by atoms with van der Waals surface area (Å²) in [7, 11) is 0. The Bertz CT molecular complexity index is 1410. The van der Waals surface area contributed by atoms with Gasteiger partial charge in [-0.15, -0.1) is 0 Å². The molecule has 0 saturated heterocycles. The van der Waals surface area contributed by atoms with Crippen molar-refractivity contribution < 1.29 is 18.8 Å². The van der Waals surface area contributed by atoms with Crippen LogP contribution in [0.5, 0.6) is 0 Å².